The molecule has 1 aliphatic heterocycles. The first-order valence-electron chi connectivity index (χ1n) is 12.6. The number of esters is 1. The zero-order valence-corrected chi connectivity index (χ0v) is 20.4. The van der Waals surface area contributed by atoms with Crippen molar-refractivity contribution in [3.8, 4) is 0 Å². The molecule has 4 fully saturated rings. The van der Waals surface area contributed by atoms with Crippen molar-refractivity contribution in [3.63, 3.8) is 0 Å². The van der Waals surface area contributed by atoms with Crippen molar-refractivity contribution in [1.29, 1.82) is 0 Å². The molecule has 0 saturated heterocycles. The lowest BCUT2D eigenvalue weighted by molar-refractivity contribution is -0.203. The van der Waals surface area contributed by atoms with Crippen LogP contribution >= 0.6 is 0 Å². The number of hydrogen-bond acceptors (Lipinski definition) is 5. The second kappa shape index (κ2) is 9.52. The fraction of sp³-hybridized carbons (Fsp3) is 0.885. The molecule has 3 N–H and O–H groups in total. The van der Waals surface area contributed by atoms with E-state index in [2.05, 4.69) is 24.6 Å². The van der Waals surface area contributed by atoms with Crippen LogP contribution in [0.15, 0.2) is 11.6 Å². The van der Waals surface area contributed by atoms with E-state index in [1.54, 1.807) is 6.08 Å². The van der Waals surface area contributed by atoms with Gasteiger partial charge in [0.15, 0.2) is 0 Å². The number of carbonyl (C=O) groups is 1. The molecule has 0 aromatic carbocycles. The molecule has 0 aromatic heterocycles. The van der Waals surface area contributed by atoms with E-state index in [1.807, 2.05) is 13.8 Å². The van der Waals surface area contributed by atoms with E-state index in [0.29, 0.717) is 29.8 Å². The third-order valence-electron chi connectivity index (χ3n) is 9.90. The lowest BCUT2D eigenvalue weighted by Crippen LogP contribution is -2.61. The number of rotatable bonds is 1. The van der Waals surface area contributed by atoms with E-state index >= 15 is 0 Å². The summed E-state index contributed by atoms with van der Waals surface area (Å²) in [5, 5.41) is 12.1. The van der Waals surface area contributed by atoms with Crippen LogP contribution in [0.4, 0.5) is 0 Å². The molecular formula is C26H45NO4. The van der Waals surface area contributed by atoms with Gasteiger partial charge in [-0.05, 0) is 86.0 Å². The van der Waals surface area contributed by atoms with Crippen LogP contribution in [-0.4, -0.2) is 30.4 Å². The largest absolute Gasteiger partial charge is 0.458 e. The van der Waals surface area contributed by atoms with Gasteiger partial charge in [0.2, 0.25) is 0 Å². The predicted molar refractivity (Wildman–Crippen MR) is 123 cm³/mol. The summed E-state index contributed by atoms with van der Waals surface area (Å²) < 4.78 is 5.22. The molecule has 7 unspecified atom stereocenters. The third kappa shape index (κ3) is 3.89. The molecule has 178 valence electrons. The van der Waals surface area contributed by atoms with Gasteiger partial charge < -0.3 is 14.7 Å². The molecule has 0 aromatic rings. The van der Waals surface area contributed by atoms with Crippen molar-refractivity contribution >= 4 is 5.97 Å². The smallest absolute Gasteiger partial charge is 0.331 e. The summed E-state index contributed by atoms with van der Waals surface area (Å²) >= 11 is 0. The van der Waals surface area contributed by atoms with Crippen LogP contribution in [0.2, 0.25) is 0 Å². The molecule has 5 heteroatoms. The maximum absolute atomic E-state index is 12.1. The molecule has 4 aliphatic carbocycles. The highest BCUT2D eigenvalue weighted by molar-refractivity contribution is 5.85. The lowest BCUT2D eigenvalue weighted by atomic mass is 9.43. The highest BCUT2D eigenvalue weighted by Crippen LogP contribution is 2.69. The first kappa shape index (κ1) is 24.7. The highest BCUT2D eigenvalue weighted by atomic mass is 16.6. The maximum Gasteiger partial charge on any atom is 0.331 e. The lowest BCUT2D eigenvalue weighted by Gasteiger charge is -2.63. The summed E-state index contributed by atoms with van der Waals surface area (Å²) in [6.45, 7) is 9.32. The summed E-state index contributed by atoms with van der Waals surface area (Å²) in [5.74, 6) is 6.49. The van der Waals surface area contributed by atoms with Gasteiger partial charge in [-0.15, -0.1) is 0 Å². The Balaban J connectivity index is 0.000000504. The summed E-state index contributed by atoms with van der Waals surface area (Å²) in [7, 11) is 1.40. The first-order chi connectivity index (χ1) is 14.8. The zero-order chi connectivity index (χ0) is 22.9. The van der Waals surface area contributed by atoms with E-state index in [4.69, 9.17) is 4.74 Å². The number of hydrogen-bond donors (Lipinski definition) is 2. The number of aliphatic hydroxyl groups is 1. The molecule has 5 nitrogen and oxygen atoms in total. The summed E-state index contributed by atoms with van der Waals surface area (Å²) in [6.07, 6.45) is 14.1. The van der Waals surface area contributed by atoms with Crippen LogP contribution in [0.3, 0.4) is 0 Å². The van der Waals surface area contributed by atoms with Crippen LogP contribution in [-0.2, 0) is 14.4 Å². The minimum atomic E-state index is -0.557. The second-order valence-electron chi connectivity index (χ2n) is 10.8. The Morgan fingerprint density at radius 1 is 1.03 bits per heavy atom. The van der Waals surface area contributed by atoms with Gasteiger partial charge >= 0.3 is 5.97 Å². The number of ether oxygens (including phenoxy) is 1. The fourth-order valence-corrected chi connectivity index (χ4v) is 8.45. The summed E-state index contributed by atoms with van der Waals surface area (Å²) in [6, 6.07) is 0. The molecule has 0 bridgehead atoms. The van der Waals surface area contributed by atoms with Crippen LogP contribution in [0.5, 0.6) is 0 Å². The number of carbonyl (C=O) groups excluding carboxylic acids is 1. The average Bonchev–Trinajstić information content (AvgIpc) is 3.30. The third-order valence-corrected chi connectivity index (χ3v) is 9.90. The quantitative estimate of drug-likeness (QED) is 0.439. The summed E-state index contributed by atoms with van der Waals surface area (Å²) in [5.41, 5.74) is 0.941. The normalized spacial score (nSPS) is 45.5. The monoisotopic (exact) mass is 435 g/mol. The van der Waals surface area contributed by atoms with Crippen LogP contribution in [0, 0.1) is 34.5 Å². The Hall–Kier alpha value is -0.910. The topological polar surface area (TPSA) is 81.8 Å². The van der Waals surface area contributed by atoms with Crippen LogP contribution < -0.4 is 5.90 Å². The van der Waals surface area contributed by atoms with Crippen LogP contribution in [0.1, 0.15) is 91.9 Å². The van der Waals surface area contributed by atoms with Gasteiger partial charge in [-0.1, -0.05) is 40.5 Å². The van der Waals surface area contributed by atoms with Gasteiger partial charge in [-0.25, -0.2) is 10.7 Å². The van der Waals surface area contributed by atoms with Crippen molar-refractivity contribution in [2.45, 2.75) is 97.5 Å². The molecule has 31 heavy (non-hydrogen) atoms. The Morgan fingerprint density at radius 3 is 2.39 bits per heavy atom. The van der Waals surface area contributed by atoms with Gasteiger partial charge in [0, 0.05) is 11.5 Å². The SMILES string of the molecule is CC.CC12CCCCC1CCC1C2CCC2(C)C(C3=CC(=O)OC3)CCC12O.CON. The van der Waals surface area contributed by atoms with Gasteiger partial charge in [0.05, 0.1) is 12.7 Å². The highest BCUT2D eigenvalue weighted by Gasteiger charge is 2.67. The second-order valence-corrected chi connectivity index (χ2v) is 10.8. The fourth-order valence-electron chi connectivity index (χ4n) is 8.45. The Morgan fingerprint density at radius 2 is 1.74 bits per heavy atom. The van der Waals surface area contributed by atoms with E-state index in [-0.39, 0.29) is 11.4 Å². The summed E-state index contributed by atoms with van der Waals surface area (Å²) in [4.78, 5) is 15.4. The molecular weight excluding hydrogens is 390 g/mol. The minimum absolute atomic E-state index is 0.0914. The Labute approximate surface area is 189 Å². The van der Waals surface area contributed by atoms with Crippen molar-refractivity contribution in [1.82, 2.24) is 0 Å². The zero-order valence-electron chi connectivity index (χ0n) is 20.4. The standard InChI is InChI=1S/C23H34O3.C2H6.CH5NO/c1-21-10-4-3-5-16(21)6-7-19-18(21)8-11-22(2)17(9-12-23(19,22)25)15-13-20(24)26-14-15;1-2;1-3-2/h13,16-19,25H,3-12,14H2,1-2H3;1-2H3;2H2,1H3. The average molecular weight is 436 g/mol. The Bertz CT molecular complexity index is 678. The van der Waals surface area contributed by atoms with Gasteiger partial charge in [0.25, 0.3) is 0 Å². The van der Waals surface area contributed by atoms with E-state index in [0.717, 1.165) is 30.8 Å². The molecule has 5 aliphatic rings. The number of nitrogens with two attached hydrogens (primary N) is 1. The molecule has 0 amide bonds. The van der Waals surface area contributed by atoms with Gasteiger partial charge in [0.1, 0.15) is 6.61 Å². The Kier molecular flexibility index (Phi) is 7.60. The molecule has 1 heterocycles. The van der Waals surface area contributed by atoms with Crippen molar-refractivity contribution in [2.24, 2.45) is 40.4 Å². The predicted octanol–water partition coefficient (Wildman–Crippen LogP) is 5.17. The van der Waals surface area contributed by atoms with Crippen molar-refractivity contribution in [2.75, 3.05) is 13.7 Å². The molecule has 5 rings (SSSR count). The maximum atomic E-state index is 12.1. The first-order valence-corrected chi connectivity index (χ1v) is 12.6. The van der Waals surface area contributed by atoms with Crippen molar-refractivity contribution in [3.05, 3.63) is 11.6 Å². The van der Waals surface area contributed by atoms with E-state index in [9.17, 15) is 9.90 Å². The van der Waals surface area contributed by atoms with E-state index < -0.39 is 5.60 Å². The number of cyclic esters (lactones) is 1. The molecule has 7 atom stereocenters. The van der Waals surface area contributed by atoms with Crippen molar-refractivity contribution < 1.29 is 19.5 Å². The number of fused-ring (bicyclic) bond motifs is 5. The van der Waals surface area contributed by atoms with Crippen LogP contribution in [0.25, 0.3) is 0 Å². The van der Waals surface area contributed by atoms with E-state index in [1.165, 1.54) is 52.1 Å². The molecule has 0 radical (unpaired) electrons. The molecule has 0 spiro atoms. The van der Waals surface area contributed by atoms with Gasteiger partial charge in [-0.3, -0.25) is 0 Å². The minimum Gasteiger partial charge on any atom is -0.458 e. The molecule has 4 saturated carbocycles. The van der Waals surface area contributed by atoms with Gasteiger partial charge in [-0.2, -0.15) is 0 Å².